The lowest BCUT2D eigenvalue weighted by Gasteiger charge is -2.23. The molecule has 2 aliphatic rings. The fourth-order valence-corrected chi connectivity index (χ4v) is 4.24. The first-order valence-electron chi connectivity index (χ1n) is 7.63. The highest BCUT2D eigenvalue weighted by atomic mass is 32.2. The summed E-state index contributed by atoms with van der Waals surface area (Å²) < 4.78 is 0. The number of thiazole rings is 1. The second-order valence-corrected chi connectivity index (χ2v) is 8.12. The van der Waals surface area contributed by atoms with Crippen molar-refractivity contribution < 1.29 is 0 Å². The minimum atomic E-state index is 0.549. The van der Waals surface area contributed by atoms with Gasteiger partial charge in [-0.2, -0.15) is 11.8 Å². The Kier molecular flexibility index (Phi) is 4.58. The van der Waals surface area contributed by atoms with Crippen molar-refractivity contribution in [2.45, 2.75) is 57.2 Å². The van der Waals surface area contributed by atoms with E-state index in [0.29, 0.717) is 6.04 Å². The molecule has 2 fully saturated rings. The highest BCUT2D eigenvalue weighted by Gasteiger charge is 2.31. The minimum Gasteiger partial charge on any atom is -0.348 e. The summed E-state index contributed by atoms with van der Waals surface area (Å²) in [7, 11) is 2.19. The predicted octanol–water partition coefficient (Wildman–Crippen LogP) is 3.46. The fraction of sp³-hybridized carbons (Fsp3) is 0.800. The van der Waals surface area contributed by atoms with Gasteiger partial charge in [0.2, 0.25) is 0 Å². The number of hydrogen-bond donors (Lipinski definition) is 1. The standard InChI is InChI=1S/C15H25N3S2/c1-10(9-19-3)18(2)15-17-14(11-4-5-11)13(20-15)8-16-12-6-7-12/h10-12,16H,4-9H2,1-3H3. The van der Waals surface area contributed by atoms with Crippen LogP contribution in [0.4, 0.5) is 5.13 Å². The normalized spacial score (nSPS) is 20.1. The highest BCUT2D eigenvalue weighted by Crippen LogP contribution is 2.44. The number of nitrogens with one attached hydrogen (secondary N) is 1. The number of rotatable bonds is 8. The molecule has 0 radical (unpaired) electrons. The van der Waals surface area contributed by atoms with E-state index in [4.69, 9.17) is 4.98 Å². The Hall–Kier alpha value is -0.260. The van der Waals surface area contributed by atoms with Crippen LogP contribution in [-0.4, -0.2) is 36.1 Å². The van der Waals surface area contributed by atoms with Crippen LogP contribution in [0.2, 0.25) is 0 Å². The molecule has 0 saturated heterocycles. The highest BCUT2D eigenvalue weighted by molar-refractivity contribution is 7.98. The summed E-state index contributed by atoms with van der Waals surface area (Å²) in [6.45, 7) is 3.32. The third-order valence-corrected chi connectivity index (χ3v) is 6.16. The van der Waals surface area contributed by atoms with Gasteiger partial charge in [-0.3, -0.25) is 0 Å². The molecular formula is C15H25N3S2. The number of thioether (sulfide) groups is 1. The lowest BCUT2D eigenvalue weighted by molar-refractivity contribution is 0.688. The van der Waals surface area contributed by atoms with E-state index < -0.39 is 0 Å². The summed E-state index contributed by atoms with van der Waals surface area (Å²) in [6.07, 6.45) is 7.56. The van der Waals surface area contributed by atoms with Crippen molar-refractivity contribution in [3.63, 3.8) is 0 Å². The first-order valence-corrected chi connectivity index (χ1v) is 9.84. The van der Waals surface area contributed by atoms with Gasteiger partial charge in [-0.15, -0.1) is 11.3 Å². The molecule has 5 heteroatoms. The zero-order chi connectivity index (χ0) is 14.1. The van der Waals surface area contributed by atoms with Crippen LogP contribution in [0.3, 0.4) is 0 Å². The van der Waals surface area contributed by atoms with E-state index in [9.17, 15) is 0 Å². The van der Waals surface area contributed by atoms with Crippen molar-refractivity contribution in [3.8, 4) is 0 Å². The van der Waals surface area contributed by atoms with Gasteiger partial charge < -0.3 is 10.2 Å². The van der Waals surface area contributed by atoms with Gasteiger partial charge in [0.25, 0.3) is 0 Å². The van der Waals surface area contributed by atoms with Gasteiger partial charge in [0.1, 0.15) is 0 Å². The number of hydrogen-bond acceptors (Lipinski definition) is 5. The lowest BCUT2D eigenvalue weighted by Crippen LogP contribution is -2.30. The van der Waals surface area contributed by atoms with Gasteiger partial charge in [0.05, 0.1) is 5.69 Å². The Morgan fingerprint density at radius 2 is 2.15 bits per heavy atom. The topological polar surface area (TPSA) is 28.2 Å². The Balaban J connectivity index is 1.71. The molecule has 112 valence electrons. The van der Waals surface area contributed by atoms with Crippen LogP contribution in [0.5, 0.6) is 0 Å². The number of anilines is 1. The zero-order valence-corrected chi connectivity index (χ0v) is 14.3. The summed E-state index contributed by atoms with van der Waals surface area (Å²) in [5.74, 6) is 1.91. The molecule has 2 saturated carbocycles. The molecule has 1 aromatic rings. The maximum absolute atomic E-state index is 4.97. The van der Waals surface area contributed by atoms with Gasteiger partial charge in [-0.1, -0.05) is 0 Å². The van der Waals surface area contributed by atoms with E-state index in [1.165, 1.54) is 41.4 Å². The number of nitrogens with zero attached hydrogens (tertiary/aromatic N) is 2. The molecule has 1 N–H and O–H groups in total. The third-order valence-electron chi connectivity index (χ3n) is 4.18. The molecule has 0 aromatic carbocycles. The van der Waals surface area contributed by atoms with Crippen LogP contribution in [0.15, 0.2) is 0 Å². The van der Waals surface area contributed by atoms with Crippen LogP contribution in [0.1, 0.15) is 49.1 Å². The summed E-state index contributed by atoms with van der Waals surface area (Å²) >= 11 is 3.81. The van der Waals surface area contributed by atoms with Gasteiger partial charge in [-0.25, -0.2) is 4.98 Å². The van der Waals surface area contributed by atoms with Crippen molar-refractivity contribution in [1.29, 1.82) is 0 Å². The Morgan fingerprint density at radius 3 is 2.75 bits per heavy atom. The molecule has 0 spiro atoms. The number of aromatic nitrogens is 1. The fourth-order valence-electron chi connectivity index (χ4n) is 2.37. The molecule has 0 amide bonds. The molecule has 20 heavy (non-hydrogen) atoms. The smallest absolute Gasteiger partial charge is 0.185 e. The average Bonchev–Trinajstić information content (AvgIpc) is 3.35. The van der Waals surface area contributed by atoms with Crippen LogP contribution in [0, 0.1) is 0 Å². The molecule has 1 heterocycles. The van der Waals surface area contributed by atoms with Crippen LogP contribution in [-0.2, 0) is 6.54 Å². The van der Waals surface area contributed by atoms with E-state index in [-0.39, 0.29) is 0 Å². The molecule has 0 bridgehead atoms. The Bertz CT molecular complexity index is 452. The van der Waals surface area contributed by atoms with Crippen LogP contribution in [0.25, 0.3) is 0 Å². The minimum absolute atomic E-state index is 0.549. The molecule has 1 atom stereocenters. The summed E-state index contributed by atoms with van der Waals surface area (Å²) in [5.41, 5.74) is 1.39. The average molecular weight is 312 g/mol. The van der Waals surface area contributed by atoms with Crippen molar-refractivity contribution in [3.05, 3.63) is 10.6 Å². The monoisotopic (exact) mass is 311 g/mol. The quantitative estimate of drug-likeness (QED) is 0.796. The zero-order valence-electron chi connectivity index (χ0n) is 12.7. The molecule has 3 nitrogen and oxygen atoms in total. The van der Waals surface area contributed by atoms with Gasteiger partial charge >= 0.3 is 0 Å². The second kappa shape index (κ2) is 6.24. The van der Waals surface area contributed by atoms with E-state index in [0.717, 1.165) is 24.3 Å². The van der Waals surface area contributed by atoms with E-state index in [1.807, 2.05) is 23.1 Å². The van der Waals surface area contributed by atoms with Crippen LogP contribution < -0.4 is 10.2 Å². The Labute approximate surface area is 130 Å². The van der Waals surface area contributed by atoms with Gasteiger partial charge in [0, 0.05) is 42.2 Å². The third kappa shape index (κ3) is 3.49. The van der Waals surface area contributed by atoms with Crippen LogP contribution >= 0.6 is 23.1 Å². The maximum Gasteiger partial charge on any atom is 0.185 e. The van der Waals surface area contributed by atoms with Gasteiger partial charge in [0.15, 0.2) is 5.13 Å². The molecule has 1 aromatic heterocycles. The first-order chi connectivity index (χ1) is 9.69. The summed E-state index contributed by atoms with van der Waals surface area (Å²) in [5, 5.41) is 4.86. The summed E-state index contributed by atoms with van der Waals surface area (Å²) in [6, 6.07) is 1.33. The van der Waals surface area contributed by atoms with Crippen molar-refractivity contribution in [2.75, 3.05) is 24.0 Å². The SMILES string of the molecule is CSCC(C)N(C)c1nc(C2CC2)c(CNC2CC2)s1. The molecule has 3 rings (SSSR count). The first kappa shape index (κ1) is 14.7. The summed E-state index contributed by atoms with van der Waals surface area (Å²) in [4.78, 5) is 8.81. The molecular weight excluding hydrogens is 286 g/mol. The van der Waals surface area contributed by atoms with E-state index >= 15 is 0 Å². The maximum atomic E-state index is 4.97. The van der Waals surface area contributed by atoms with Gasteiger partial charge in [-0.05, 0) is 38.9 Å². The van der Waals surface area contributed by atoms with Crippen molar-refractivity contribution in [2.24, 2.45) is 0 Å². The molecule has 0 aliphatic heterocycles. The van der Waals surface area contributed by atoms with Crippen molar-refractivity contribution >= 4 is 28.2 Å². The van der Waals surface area contributed by atoms with E-state index in [2.05, 4.69) is 30.4 Å². The Morgan fingerprint density at radius 1 is 1.40 bits per heavy atom. The van der Waals surface area contributed by atoms with E-state index in [1.54, 1.807) is 0 Å². The van der Waals surface area contributed by atoms with Crippen molar-refractivity contribution in [1.82, 2.24) is 10.3 Å². The lowest BCUT2D eigenvalue weighted by atomic mass is 10.2. The molecule has 2 aliphatic carbocycles. The predicted molar refractivity (Wildman–Crippen MR) is 90.2 cm³/mol. The second-order valence-electron chi connectivity index (χ2n) is 6.15. The largest absolute Gasteiger partial charge is 0.348 e. The molecule has 1 unspecified atom stereocenters.